The van der Waals surface area contributed by atoms with E-state index < -0.39 is 5.63 Å². The Labute approximate surface area is 127 Å². The number of carbonyl (C=O) groups is 1. The van der Waals surface area contributed by atoms with E-state index in [0.717, 1.165) is 5.56 Å². The van der Waals surface area contributed by atoms with Gasteiger partial charge in [-0.2, -0.15) is 0 Å². The lowest BCUT2D eigenvalue weighted by molar-refractivity contribution is 0.0897. The van der Waals surface area contributed by atoms with Crippen molar-refractivity contribution in [3.8, 4) is 0 Å². The Kier molecular flexibility index (Phi) is 3.47. The minimum atomic E-state index is -0.423. The van der Waals surface area contributed by atoms with Crippen LogP contribution in [0.5, 0.6) is 0 Å². The van der Waals surface area contributed by atoms with Gasteiger partial charge in [-0.1, -0.05) is 26.0 Å². The number of hydrogen-bond acceptors (Lipinski definition) is 3. The van der Waals surface area contributed by atoms with Gasteiger partial charge in [0, 0.05) is 24.8 Å². The number of ketones is 1. The third-order valence-corrected chi connectivity index (χ3v) is 3.98. The Morgan fingerprint density at radius 2 is 1.82 bits per heavy atom. The van der Waals surface area contributed by atoms with Crippen molar-refractivity contribution in [2.75, 3.05) is 0 Å². The smallest absolute Gasteiger partial charge is 0.339 e. The number of halogens is 1. The van der Waals surface area contributed by atoms with Crippen LogP contribution >= 0.6 is 0 Å². The van der Waals surface area contributed by atoms with E-state index in [4.69, 9.17) is 4.42 Å². The summed E-state index contributed by atoms with van der Waals surface area (Å²) in [5.74, 6) is 0.170. The van der Waals surface area contributed by atoms with Crippen LogP contribution in [0.15, 0.2) is 39.5 Å². The molecule has 3 nitrogen and oxygen atoms in total. The zero-order valence-corrected chi connectivity index (χ0v) is 12.6. The third kappa shape index (κ3) is 2.86. The van der Waals surface area contributed by atoms with E-state index >= 15 is 0 Å². The van der Waals surface area contributed by atoms with Crippen LogP contribution in [0.2, 0.25) is 0 Å². The maximum atomic E-state index is 12.9. The highest BCUT2D eigenvalue weighted by atomic mass is 19.1. The maximum absolute atomic E-state index is 12.9. The van der Waals surface area contributed by atoms with Gasteiger partial charge < -0.3 is 4.42 Å². The maximum Gasteiger partial charge on any atom is 0.339 e. The molecule has 4 heteroatoms. The number of rotatable bonds is 2. The first-order valence-electron chi connectivity index (χ1n) is 7.28. The van der Waals surface area contributed by atoms with Gasteiger partial charge in [-0.3, -0.25) is 4.79 Å². The van der Waals surface area contributed by atoms with E-state index in [0.29, 0.717) is 36.1 Å². The van der Waals surface area contributed by atoms with Gasteiger partial charge >= 0.3 is 5.63 Å². The van der Waals surface area contributed by atoms with Crippen molar-refractivity contribution in [3.63, 3.8) is 0 Å². The van der Waals surface area contributed by atoms with Crippen molar-refractivity contribution < 1.29 is 13.6 Å². The van der Waals surface area contributed by atoms with Crippen LogP contribution in [0.25, 0.3) is 0 Å². The van der Waals surface area contributed by atoms with Gasteiger partial charge in [0.1, 0.15) is 11.6 Å². The Morgan fingerprint density at radius 1 is 1.14 bits per heavy atom. The second-order valence-corrected chi connectivity index (χ2v) is 6.64. The summed E-state index contributed by atoms with van der Waals surface area (Å²) in [6, 6.07) is 7.59. The molecule has 0 fully saturated rings. The van der Waals surface area contributed by atoms with Crippen LogP contribution in [0.3, 0.4) is 0 Å². The topological polar surface area (TPSA) is 47.3 Å². The molecule has 0 radical (unpaired) electrons. The quantitative estimate of drug-likeness (QED) is 0.852. The van der Waals surface area contributed by atoms with Crippen molar-refractivity contribution in [2.24, 2.45) is 5.41 Å². The van der Waals surface area contributed by atoms with Crippen molar-refractivity contribution in [1.82, 2.24) is 0 Å². The lowest BCUT2D eigenvalue weighted by Crippen LogP contribution is -2.29. The van der Waals surface area contributed by atoms with Crippen LogP contribution in [-0.4, -0.2) is 5.78 Å². The van der Waals surface area contributed by atoms with Crippen LogP contribution < -0.4 is 5.63 Å². The van der Waals surface area contributed by atoms with Crippen LogP contribution in [0.1, 0.15) is 47.5 Å². The monoisotopic (exact) mass is 300 g/mol. The predicted octanol–water partition coefficient (Wildman–Crippen LogP) is 3.52. The van der Waals surface area contributed by atoms with Crippen LogP contribution in [0.4, 0.5) is 4.39 Å². The Bertz CT molecular complexity index is 785. The summed E-state index contributed by atoms with van der Waals surface area (Å²) in [4.78, 5) is 24.4. The average molecular weight is 300 g/mol. The first-order chi connectivity index (χ1) is 10.3. The fraction of sp³-hybridized carbons (Fsp3) is 0.333. The molecule has 0 unspecified atom stereocenters. The Morgan fingerprint density at radius 3 is 2.50 bits per heavy atom. The molecule has 0 amide bonds. The number of fused-ring (bicyclic) bond motifs is 1. The fourth-order valence-electron chi connectivity index (χ4n) is 2.89. The van der Waals surface area contributed by atoms with Crippen LogP contribution in [-0.2, 0) is 12.8 Å². The zero-order chi connectivity index (χ0) is 15.9. The lowest BCUT2D eigenvalue weighted by Gasteiger charge is -2.28. The Hall–Kier alpha value is -2.23. The molecule has 1 aliphatic carbocycles. The van der Waals surface area contributed by atoms with Crippen molar-refractivity contribution in [3.05, 3.63) is 69.0 Å². The molecule has 0 bridgehead atoms. The van der Waals surface area contributed by atoms with Gasteiger partial charge in [0.05, 0.1) is 5.56 Å². The fourth-order valence-corrected chi connectivity index (χ4v) is 2.89. The molecule has 1 heterocycles. The number of hydrogen-bond donors (Lipinski definition) is 0. The highest BCUT2D eigenvalue weighted by Gasteiger charge is 2.33. The molecular weight excluding hydrogens is 283 g/mol. The number of benzene rings is 1. The number of carbonyl (C=O) groups excluding carboxylic acids is 1. The molecule has 3 rings (SSSR count). The summed E-state index contributed by atoms with van der Waals surface area (Å²) in [5, 5.41) is 0. The summed E-state index contributed by atoms with van der Waals surface area (Å²) < 4.78 is 18.3. The molecule has 114 valence electrons. The third-order valence-electron chi connectivity index (χ3n) is 3.98. The van der Waals surface area contributed by atoms with Crippen molar-refractivity contribution in [1.29, 1.82) is 0 Å². The molecule has 1 aromatic carbocycles. The molecule has 0 saturated carbocycles. The van der Waals surface area contributed by atoms with E-state index in [1.807, 2.05) is 13.8 Å². The molecule has 0 spiro atoms. The standard InChI is InChI=1S/C18H17FO3/c1-18(2)9-15(20)14-8-12(17(21)22-16(14)10-18)7-11-3-5-13(19)6-4-11/h3-6,8H,7,9-10H2,1-2H3. The van der Waals surface area contributed by atoms with Gasteiger partial charge in [0.2, 0.25) is 0 Å². The molecule has 2 aromatic rings. The molecule has 0 saturated heterocycles. The van der Waals surface area contributed by atoms with Crippen molar-refractivity contribution >= 4 is 5.78 Å². The van der Waals surface area contributed by atoms with Gasteiger partial charge in [0.25, 0.3) is 0 Å². The summed E-state index contributed by atoms with van der Waals surface area (Å²) in [5.41, 5.74) is 1.14. The predicted molar refractivity (Wildman–Crippen MR) is 80.6 cm³/mol. The Balaban J connectivity index is 1.98. The number of Topliss-reactive ketones (excluding diaryl/α,β-unsaturated/α-hetero) is 1. The summed E-state index contributed by atoms with van der Waals surface area (Å²) in [7, 11) is 0. The highest BCUT2D eigenvalue weighted by Crippen LogP contribution is 2.34. The van der Waals surface area contributed by atoms with E-state index in [2.05, 4.69) is 0 Å². The first kappa shape index (κ1) is 14.7. The van der Waals surface area contributed by atoms with Gasteiger partial charge in [0.15, 0.2) is 5.78 Å². The molecule has 1 aliphatic rings. The van der Waals surface area contributed by atoms with Crippen molar-refractivity contribution in [2.45, 2.75) is 33.1 Å². The van der Waals surface area contributed by atoms with Gasteiger partial charge in [-0.05, 0) is 29.2 Å². The van der Waals surface area contributed by atoms with Gasteiger partial charge in [-0.15, -0.1) is 0 Å². The molecule has 0 atom stereocenters. The largest absolute Gasteiger partial charge is 0.427 e. The van der Waals surface area contributed by atoms with E-state index in [-0.39, 0.29) is 17.0 Å². The minimum Gasteiger partial charge on any atom is -0.427 e. The molecular formula is C18H17FO3. The summed E-state index contributed by atoms with van der Waals surface area (Å²) >= 11 is 0. The SMILES string of the molecule is CC1(C)CC(=O)c2cc(Cc3ccc(F)cc3)c(=O)oc2C1. The van der Waals surface area contributed by atoms with Gasteiger partial charge in [-0.25, -0.2) is 9.18 Å². The van der Waals surface area contributed by atoms with Crippen LogP contribution in [0, 0.1) is 11.2 Å². The lowest BCUT2D eigenvalue weighted by atomic mass is 9.76. The average Bonchev–Trinajstić information content (AvgIpc) is 2.41. The van der Waals surface area contributed by atoms with E-state index in [9.17, 15) is 14.0 Å². The second kappa shape index (κ2) is 5.20. The molecule has 0 N–H and O–H groups in total. The molecule has 22 heavy (non-hydrogen) atoms. The normalized spacial score (nSPS) is 16.4. The minimum absolute atomic E-state index is 0.00959. The molecule has 1 aromatic heterocycles. The summed E-state index contributed by atoms with van der Waals surface area (Å²) in [6.45, 7) is 3.97. The zero-order valence-electron chi connectivity index (χ0n) is 12.6. The van der Waals surface area contributed by atoms with E-state index in [1.165, 1.54) is 12.1 Å². The second-order valence-electron chi connectivity index (χ2n) is 6.64. The van der Waals surface area contributed by atoms with E-state index in [1.54, 1.807) is 18.2 Å². The highest BCUT2D eigenvalue weighted by molar-refractivity contribution is 5.98. The molecule has 0 aliphatic heterocycles. The summed E-state index contributed by atoms with van der Waals surface area (Å²) in [6.07, 6.45) is 1.36. The first-order valence-corrected chi connectivity index (χ1v) is 7.28.